The van der Waals surface area contributed by atoms with E-state index in [-0.39, 0.29) is 0 Å². The molecule has 86 valence electrons. The van der Waals surface area contributed by atoms with Crippen LogP contribution in [0.2, 0.25) is 0 Å². The average molecular weight is 210 g/mol. The van der Waals surface area contributed by atoms with Gasteiger partial charge in [0.1, 0.15) is 0 Å². The molecule has 4 nitrogen and oxygen atoms in total. The van der Waals surface area contributed by atoms with Gasteiger partial charge in [-0.15, -0.1) is 0 Å². The Balaban J connectivity index is 0.000000288. The molecule has 0 fully saturated rings. The molecule has 4 heteroatoms. The van der Waals surface area contributed by atoms with Crippen LogP contribution < -0.4 is 11.5 Å². The van der Waals surface area contributed by atoms with Crippen molar-refractivity contribution in [1.29, 1.82) is 0 Å². The summed E-state index contributed by atoms with van der Waals surface area (Å²) in [6, 6.07) is 5.85. The van der Waals surface area contributed by atoms with Crippen LogP contribution in [0.3, 0.4) is 0 Å². The molecule has 0 saturated carbocycles. The average Bonchev–Trinajstić information content (AvgIpc) is 2.20. The Morgan fingerprint density at radius 2 is 1.93 bits per heavy atom. The minimum atomic E-state index is 0.678. The van der Waals surface area contributed by atoms with E-state index < -0.39 is 0 Å². The van der Waals surface area contributed by atoms with Gasteiger partial charge in [0, 0.05) is 31.4 Å². The highest BCUT2D eigenvalue weighted by Crippen LogP contribution is 1.91. The van der Waals surface area contributed by atoms with E-state index in [0.29, 0.717) is 6.54 Å². The van der Waals surface area contributed by atoms with Gasteiger partial charge in [-0.1, -0.05) is 6.07 Å². The molecule has 15 heavy (non-hydrogen) atoms. The molecule has 1 aromatic rings. The summed E-state index contributed by atoms with van der Waals surface area (Å²) in [6.07, 6.45) is 2.66. The summed E-state index contributed by atoms with van der Waals surface area (Å²) >= 11 is 0. The van der Waals surface area contributed by atoms with Gasteiger partial charge in [0.25, 0.3) is 0 Å². The SMILES string of the molecule is CN(C)CCN.NCCc1ccccn1. The first-order valence-corrected chi connectivity index (χ1v) is 5.15. The van der Waals surface area contributed by atoms with E-state index in [1.807, 2.05) is 32.3 Å². The van der Waals surface area contributed by atoms with E-state index in [1.54, 1.807) is 6.20 Å². The summed E-state index contributed by atoms with van der Waals surface area (Å²) in [4.78, 5) is 6.14. The fourth-order valence-electron chi connectivity index (χ4n) is 0.952. The summed E-state index contributed by atoms with van der Waals surface area (Å²) in [7, 11) is 4.01. The fourth-order valence-corrected chi connectivity index (χ4v) is 0.952. The minimum absolute atomic E-state index is 0.678. The van der Waals surface area contributed by atoms with Crippen LogP contribution in [0.15, 0.2) is 24.4 Å². The van der Waals surface area contributed by atoms with Gasteiger partial charge in [0.05, 0.1) is 0 Å². The second-order valence-electron chi connectivity index (χ2n) is 3.45. The van der Waals surface area contributed by atoms with E-state index in [9.17, 15) is 0 Å². The predicted molar refractivity (Wildman–Crippen MR) is 64.6 cm³/mol. The van der Waals surface area contributed by atoms with Crippen molar-refractivity contribution in [2.75, 3.05) is 33.7 Å². The van der Waals surface area contributed by atoms with Crippen molar-refractivity contribution >= 4 is 0 Å². The highest BCUT2D eigenvalue weighted by Gasteiger charge is 1.86. The van der Waals surface area contributed by atoms with Gasteiger partial charge < -0.3 is 16.4 Å². The third-order valence-corrected chi connectivity index (χ3v) is 1.70. The Hall–Kier alpha value is -0.970. The molecule has 0 spiro atoms. The largest absolute Gasteiger partial charge is 0.330 e. The summed E-state index contributed by atoms with van der Waals surface area (Å²) in [5.74, 6) is 0. The third kappa shape index (κ3) is 9.34. The Bertz CT molecular complexity index is 223. The van der Waals surface area contributed by atoms with Gasteiger partial charge in [-0.05, 0) is 32.8 Å². The molecule has 0 aliphatic carbocycles. The van der Waals surface area contributed by atoms with Crippen LogP contribution in [0.5, 0.6) is 0 Å². The van der Waals surface area contributed by atoms with Crippen molar-refractivity contribution in [3.63, 3.8) is 0 Å². The number of nitrogens with two attached hydrogens (primary N) is 2. The van der Waals surface area contributed by atoms with Gasteiger partial charge in [-0.2, -0.15) is 0 Å². The van der Waals surface area contributed by atoms with E-state index in [1.165, 1.54) is 0 Å². The second-order valence-corrected chi connectivity index (χ2v) is 3.45. The fraction of sp³-hybridized carbons (Fsp3) is 0.545. The quantitative estimate of drug-likeness (QED) is 0.739. The van der Waals surface area contributed by atoms with Crippen molar-refractivity contribution in [2.45, 2.75) is 6.42 Å². The number of pyridine rings is 1. The maximum Gasteiger partial charge on any atom is 0.0416 e. The highest BCUT2D eigenvalue weighted by molar-refractivity contribution is 5.03. The topological polar surface area (TPSA) is 68.2 Å². The van der Waals surface area contributed by atoms with Gasteiger partial charge >= 0.3 is 0 Å². The molecule has 0 amide bonds. The predicted octanol–water partition coefficient (Wildman–Crippen LogP) is 0.0895. The maximum atomic E-state index is 5.32. The lowest BCUT2D eigenvalue weighted by molar-refractivity contribution is 0.420. The van der Waals surface area contributed by atoms with Crippen LogP contribution in [0.4, 0.5) is 0 Å². The second kappa shape index (κ2) is 9.58. The molecule has 0 saturated heterocycles. The molecule has 0 bridgehead atoms. The maximum absolute atomic E-state index is 5.32. The number of nitrogens with zero attached hydrogens (tertiary/aromatic N) is 2. The van der Waals surface area contributed by atoms with E-state index in [4.69, 9.17) is 11.5 Å². The van der Waals surface area contributed by atoms with Crippen molar-refractivity contribution in [2.24, 2.45) is 11.5 Å². The van der Waals surface area contributed by atoms with E-state index in [2.05, 4.69) is 9.88 Å². The number of likely N-dealkylation sites (N-methyl/N-ethyl adjacent to an activating group) is 1. The Labute approximate surface area is 92.3 Å². The van der Waals surface area contributed by atoms with Crippen LogP contribution in [0.1, 0.15) is 5.69 Å². The molecule has 0 aliphatic rings. The lowest BCUT2D eigenvalue weighted by Crippen LogP contribution is -2.20. The zero-order valence-electron chi connectivity index (χ0n) is 9.69. The van der Waals surface area contributed by atoms with Gasteiger partial charge in [0.15, 0.2) is 0 Å². The lowest BCUT2D eigenvalue weighted by atomic mass is 10.3. The van der Waals surface area contributed by atoms with Crippen LogP contribution in [-0.2, 0) is 6.42 Å². The number of rotatable bonds is 4. The van der Waals surface area contributed by atoms with E-state index >= 15 is 0 Å². The molecule has 0 radical (unpaired) electrons. The Morgan fingerprint density at radius 1 is 1.20 bits per heavy atom. The first kappa shape index (κ1) is 14.0. The summed E-state index contributed by atoms with van der Waals surface area (Å²) in [5.41, 5.74) is 11.6. The molecule has 1 heterocycles. The number of aromatic nitrogens is 1. The first-order valence-electron chi connectivity index (χ1n) is 5.15. The minimum Gasteiger partial charge on any atom is -0.330 e. The standard InChI is InChI=1S/C7H10N2.C4H12N2/c8-5-4-7-3-1-2-6-9-7;1-6(2)4-3-5/h1-3,6H,4-5,8H2;3-5H2,1-2H3. The van der Waals surface area contributed by atoms with Crippen molar-refractivity contribution in [3.8, 4) is 0 Å². The van der Waals surface area contributed by atoms with E-state index in [0.717, 1.165) is 25.2 Å². The van der Waals surface area contributed by atoms with Crippen molar-refractivity contribution in [1.82, 2.24) is 9.88 Å². The third-order valence-electron chi connectivity index (χ3n) is 1.70. The summed E-state index contributed by atoms with van der Waals surface area (Å²) in [6.45, 7) is 2.42. The number of hydrogen-bond acceptors (Lipinski definition) is 4. The van der Waals surface area contributed by atoms with Gasteiger partial charge in [0.2, 0.25) is 0 Å². The van der Waals surface area contributed by atoms with Crippen molar-refractivity contribution < 1.29 is 0 Å². The van der Waals surface area contributed by atoms with Gasteiger partial charge in [-0.3, -0.25) is 4.98 Å². The zero-order valence-corrected chi connectivity index (χ0v) is 9.69. The summed E-state index contributed by atoms with van der Waals surface area (Å²) < 4.78 is 0. The normalized spacial score (nSPS) is 9.67. The van der Waals surface area contributed by atoms with Crippen LogP contribution in [0, 0.1) is 0 Å². The van der Waals surface area contributed by atoms with Crippen LogP contribution >= 0.6 is 0 Å². The molecular weight excluding hydrogens is 188 g/mol. The Morgan fingerprint density at radius 3 is 2.27 bits per heavy atom. The molecular formula is C11H22N4. The van der Waals surface area contributed by atoms with Crippen LogP contribution in [0.25, 0.3) is 0 Å². The zero-order chi connectivity index (χ0) is 11.5. The number of hydrogen-bond donors (Lipinski definition) is 2. The molecule has 1 rings (SSSR count). The molecule has 4 N–H and O–H groups in total. The highest BCUT2D eigenvalue weighted by atomic mass is 15.1. The summed E-state index contributed by atoms with van der Waals surface area (Å²) in [5, 5.41) is 0. The Kier molecular flexibility index (Phi) is 8.96. The van der Waals surface area contributed by atoms with Crippen molar-refractivity contribution in [3.05, 3.63) is 30.1 Å². The molecule has 0 unspecified atom stereocenters. The van der Waals surface area contributed by atoms with Gasteiger partial charge in [-0.25, -0.2) is 0 Å². The molecule has 1 aromatic heterocycles. The monoisotopic (exact) mass is 210 g/mol. The smallest absolute Gasteiger partial charge is 0.0416 e. The lowest BCUT2D eigenvalue weighted by Gasteiger charge is -2.03. The first-order chi connectivity index (χ1) is 7.20. The van der Waals surface area contributed by atoms with Crippen LogP contribution in [-0.4, -0.2) is 43.6 Å². The molecule has 0 aromatic carbocycles. The molecule has 0 atom stereocenters. The molecule has 0 aliphatic heterocycles.